The summed E-state index contributed by atoms with van der Waals surface area (Å²) in [6.07, 6.45) is 0. The Morgan fingerprint density at radius 1 is 0.822 bits per heavy atom. The third-order valence-corrected chi connectivity index (χ3v) is 7.95. The van der Waals surface area contributed by atoms with Gasteiger partial charge in [-0.15, -0.1) is 0 Å². The lowest BCUT2D eigenvalue weighted by molar-refractivity contribution is 0.0615. The molecule has 2 amide bonds. The van der Waals surface area contributed by atoms with Crippen LogP contribution in [0, 0.1) is 0 Å². The van der Waals surface area contributed by atoms with Crippen molar-refractivity contribution in [3.8, 4) is 11.3 Å². The van der Waals surface area contributed by atoms with Crippen LogP contribution in [0.25, 0.3) is 22.2 Å². The molecule has 0 saturated carbocycles. The number of β-amino-alcohol motifs (C(OH)–C–C–N with tert-alkyl or cyclic N) is 1. The number of rotatable bonds is 9. The normalized spacial score (nSPS) is 13.5. The molecule has 1 aliphatic heterocycles. The van der Waals surface area contributed by atoms with Crippen LogP contribution in [0.3, 0.4) is 0 Å². The van der Waals surface area contributed by atoms with Gasteiger partial charge in [0.2, 0.25) is 5.95 Å². The number of carbonyl (C=O) groups excluding carboxylic acids is 2. The standard InChI is InChI=1S/C35H35N7O3/c36-23-27-11-10-26(34(45)42-18-16-41(17-19-42)20-21-43)22-31(27)38-33(44)25-12-14-28(15-13-25)37-35-39-30-9-5-4-8-29(30)32(40-35)24-6-2-1-3-7-24/h1-15,22,43H,16-21,23,36H2,(H,38,44)(H,37,39,40). The van der Waals surface area contributed by atoms with Gasteiger partial charge < -0.3 is 26.4 Å². The molecule has 1 saturated heterocycles. The third kappa shape index (κ3) is 6.83. The first-order valence-electron chi connectivity index (χ1n) is 15.0. The lowest BCUT2D eigenvalue weighted by Crippen LogP contribution is -2.49. The fraction of sp³-hybridized carbons (Fsp3) is 0.200. The van der Waals surface area contributed by atoms with E-state index in [4.69, 9.17) is 15.7 Å². The van der Waals surface area contributed by atoms with Gasteiger partial charge in [-0.2, -0.15) is 0 Å². The molecule has 0 spiro atoms. The molecule has 0 atom stereocenters. The summed E-state index contributed by atoms with van der Waals surface area (Å²) in [4.78, 5) is 39.9. The molecule has 1 fully saturated rings. The number of nitrogens with two attached hydrogens (primary N) is 1. The Morgan fingerprint density at radius 2 is 1.53 bits per heavy atom. The molecule has 228 valence electrons. The van der Waals surface area contributed by atoms with E-state index < -0.39 is 0 Å². The Labute approximate surface area is 261 Å². The maximum absolute atomic E-state index is 13.3. The number of aliphatic hydroxyl groups excluding tert-OH is 1. The van der Waals surface area contributed by atoms with E-state index in [0.717, 1.165) is 33.4 Å². The zero-order chi connectivity index (χ0) is 31.2. The van der Waals surface area contributed by atoms with Crippen molar-refractivity contribution in [3.63, 3.8) is 0 Å². The summed E-state index contributed by atoms with van der Waals surface area (Å²) in [5.74, 6) is 0.0416. The van der Waals surface area contributed by atoms with E-state index in [9.17, 15) is 14.7 Å². The average molecular weight is 602 g/mol. The van der Waals surface area contributed by atoms with E-state index in [-0.39, 0.29) is 25.0 Å². The number of piperazine rings is 1. The van der Waals surface area contributed by atoms with Crippen molar-refractivity contribution in [2.75, 3.05) is 50.0 Å². The molecule has 0 bridgehead atoms. The van der Waals surface area contributed by atoms with E-state index in [1.807, 2.05) is 54.6 Å². The SMILES string of the molecule is NCc1ccc(C(=O)N2CCN(CCO)CC2)cc1NC(=O)c1ccc(Nc2nc(-c3ccccc3)c3ccccc3n2)cc1. The number of aliphatic hydroxyl groups is 1. The molecule has 6 rings (SSSR count). The van der Waals surface area contributed by atoms with Crippen LogP contribution in [-0.2, 0) is 6.54 Å². The van der Waals surface area contributed by atoms with Gasteiger partial charge in [0.05, 0.1) is 17.8 Å². The van der Waals surface area contributed by atoms with Crippen molar-refractivity contribution in [2.45, 2.75) is 6.54 Å². The van der Waals surface area contributed by atoms with E-state index in [0.29, 0.717) is 55.5 Å². The van der Waals surface area contributed by atoms with Crippen LogP contribution in [0.1, 0.15) is 26.3 Å². The Bertz CT molecular complexity index is 1800. The van der Waals surface area contributed by atoms with Crippen molar-refractivity contribution in [1.29, 1.82) is 0 Å². The molecule has 0 aliphatic carbocycles. The Kier molecular flexibility index (Phi) is 9.06. The van der Waals surface area contributed by atoms with Crippen LogP contribution in [0.15, 0.2) is 97.1 Å². The maximum atomic E-state index is 13.3. The van der Waals surface area contributed by atoms with Crippen molar-refractivity contribution in [1.82, 2.24) is 19.8 Å². The molecule has 4 aromatic carbocycles. The van der Waals surface area contributed by atoms with E-state index in [2.05, 4.69) is 15.5 Å². The number of nitrogens with zero attached hydrogens (tertiary/aromatic N) is 4. The second-order valence-electron chi connectivity index (χ2n) is 10.9. The number of hydrogen-bond acceptors (Lipinski definition) is 8. The lowest BCUT2D eigenvalue weighted by Gasteiger charge is -2.34. The highest BCUT2D eigenvalue weighted by molar-refractivity contribution is 6.06. The highest BCUT2D eigenvalue weighted by Crippen LogP contribution is 2.28. The Hall–Kier alpha value is -5.16. The fourth-order valence-corrected chi connectivity index (χ4v) is 5.48. The molecule has 5 N–H and O–H groups in total. The number of aromatic nitrogens is 2. The van der Waals surface area contributed by atoms with Gasteiger partial charge in [0.25, 0.3) is 11.8 Å². The highest BCUT2D eigenvalue weighted by atomic mass is 16.3. The second-order valence-corrected chi connectivity index (χ2v) is 10.9. The molecular formula is C35H35N7O3. The molecule has 0 unspecified atom stereocenters. The molecule has 45 heavy (non-hydrogen) atoms. The topological polar surface area (TPSA) is 137 Å². The summed E-state index contributed by atoms with van der Waals surface area (Å²) in [5.41, 5.74) is 11.5. The first-order chi connectivity index (χ1) is 22.0. The summed E-state index contributed by atoms with van der Waals surface area (Å²) in [7, 11) is 0. The van der Waals surface area contributed by atoms with Crippen LogP contribution >= 0.6 is 0 Å². The smallest absolute Gasteiger partial charge is 0.255 e. The minimum atomic E-state index is -0.313. The number of fused-ring (bicyclic) bond motifs is 1. The monoisotopic (exact) mass is 601 g/mol. The predicted molar refractivity (Wildman–Crippen MR) is 176 cm³/mol. The summed E-state index contributed by atoms with van der Waals surface area (Å²) >= 11 is 0. The van der Waals surface area contributed by atoms with Gasteiger partial charge in [-0.25, -0.2) is 9.97 Å². The van der Waals surface area contributed by atoms with Crippen LogP contribution in [0.5, 0.6) is 0 Å². The zero-order valence-corrected chi connectivity index (χ0v) is 24.8. The van der Waals surface area contributed by atoms with Crippen molar-refractivity contribution < 1.29 is 14.7 Å². The summed E-state index contributed by atoms with van der Waals surface area (Å²) < 4.78 is 0. The third-order valence-electron chi connectivity index (χ3n) is 7.95. The summed E-state index contributed by atoms with van der Waals surface area (Å²) in [5, 5.41) is 16.4. The zero-order valence-electron chi connectivity index (χ0n) is 24.8. The van der Waals surface area contributed by atoms with Crippen LogP contribution in [-0.4, -0.2) is 76.0 Å². The number of anilines is 3. The van der Waals surface area contributed by atoms with Crippen LogP contribution in [0.2, 0.25) is 0 Å². The van der Waals surface area contributed by atoms with Crippen LogP contribution < -0.4 is 16.4 Å². The van der Waals surface area contributed by atoms with Gasteiger partial charge in [0.1, 0.15) is 0 Å². The maximum Gasteiger partial charge on any atom is 0.255 e. The van der Waals surface area contributed by atoms with E-state index >= 15 is 0 Å². The highest BCUT2D eigenvalue weighted by Gasteiger charge is 2.23. The number of hydrogen-bond donors (Lipinski definition) is 4. The van der Waals surface area contributed by atoms with Crippen LogP contribution in [0.4, 0.5) is 17.3 Å². The fourth-order valence-electron chi connectivity index (χ4n) is 5.48. The van der Waals surface area contributed by atoms with Crippen molar-refractivity contribution >= 4 is 40.0 Å². The molecular weight excluding hydrogens is 566 g/mol. The molecule has 10 heteroatoms. The minimum absolute atomic E-state index is 0.0977. The molecule has 0 radical (unpaired) electrons. The second kappa shape index (κ2) is 13.6. The first kappa shape index (κ1) is 29.9. The lowest BCUT2D eigenvalue weighted by atomic mass is 10.1. The molecule has 1 aliphatic rings. The largest absolute Gasteiger partial charge is 0.395 e. The summed E-state index contributed by atoms with van der Waals surface area (Å²) in [6.45, 7) is 3.50. The first-order valence-corrected chi connectivity index (χ1v) is 15.0. The number of carbonyl (C=O) groups is 2. The number of benzene rings is 4. The van der Waals surface area contributed by atoms with Gasteiger partial charge in [0, 0.05) is 72.7 Å². The molecule has 1 aromatic heterocycles. The minimum Gasteiger partial charge on any atom is -0.395 e. The van der Waals surface area contributed by atoms with Gasteiger partial charge >= 0.3 is 0 Å². The molecule has 2 heterocycles. The molecule has 10 nitrogen and oxygen atoms in total. The number of nitrogens with one attached hydrogen (secondary N) is 2. The van der Waals surface area contributed by atoms with Crippen molar-refractivity contribution in [3.05, 3.63) is 114 Å². The van der Waals surface area contributed by atoms with Gasteiger partial charge in [-0.3, -0.25) is 14.5 Å². The Morgan fingerprint density at radius 3 is 2.27 bits per heavy atom. The van der Waals surface area contributed by atoms with Gasteiger partial charge in [0.15, 0.2) is 0 Å². The van der Waals surface area contributed by atoms with Gasteiger partial charge in [-0.1, -0.05) is 54.6 Å². The molecule has 5 aromatic rings. The van der Waals surface area contributed by atoms with E-state index in [1.165, 1.54) is 0 Å². The summed E-state index contributed by atoms with van der Waals surface area (Å²) in [6, 6.07) is 30.1. The Balaban J connectivity index is 1.16. The van der Waals surface area contributed by atoms with E-state index in [1.54, 1.807) is 47.4 Å². The quantitative estimate of drug-likeness (QED) is 0.194. The number of para-hydroxylation sites is 1. The predicted octanol–water partition coefficient (Wildman–Crippen LogP) is 4.50. The van der Waals surface area contributed by atoms with Crippen molar-refractivity contribution in [2.24, 2.45) is 5.73 Å². The number of amides is 2. The van der Waals surface area contributed by atoms with Gasteiger partial charge in [-0.05, 0) is 48.0 Å². The average Bonchev–Trinajstić information content (AvgIpc) is 3.09.